The van der Waals surface area contributed by atoms with Crippen molar-refractivity contribution in [1.82, 2.24) is 0 Å². The summed E-state index contributed by atoms with van der Waals surface area (Å²) in [7, 11) is 0. The summed E-state index contributed by atoms with van der Waals surface area (Å²) in [5.41, 5.74) is 6.24. The summed E-state index contributed by atoms with van der Waals surface area (Å²) in [6.07, 6.45) is 0. The van der Waals surface area contributed by atoms with Gasteiger partial charge in [-0.25, -0.2) is 0 Å². The van der Waals surface area contributed by atoms with Crippen LogP contribution in [-0.4, -0.2) is 16.6 Å². The molecule has 1 spiro atoms. The molecule has 2 heterocycles. The molecule has 2 nitrogen and oxygen atoms in total. The van der Waals surface area contributed by atoms with Crippen molar-refractivity contribution in [2.75, 3.05) is 16.8 Å². The van der Waals surface area contributed by atoms with Crippen molar-refractivity contribution in [2.45, 2.75) is 12.5 Å². The molecule has 3 heteroatoms. The Morgan fingerprint density at radius 2 is 1.89 bits per heavy atom. The molecule has 0 bridgehead atoms. The van der Waals surface area contributed by atoms with Gasteiger partial charge in [0.25, 0.3) is 0 Å². The molecule has 0 unspecified atom stereocenters. The van der Waals surface area contributed by atoms with Crippen molar-refractivity contribution in [3.63, 3.8) is 0 Å². The van der Waals surface area contributed by atoms with Crippen LogP contribution in [0.25, 0.3) is 11.1 Å². The number of aromatic hydroxyl groups is 1. The number of hydrogen-bond donors (Lipinski definition) is 2. The number of benzene rings is 2. The molecule has 2 aromatic carbocycles. The summed E-state index contributed by atoms with van der Waals surface area (Å²) in [4.78, 5) is 0. The van der Waals surface area contributed by atoms with Gasteiger partial charge in [0.1, 0.15) is 5.75 Å². The summed E-state index contributed by atoms with van der Waals surface area (Å²) < 4.78 is 0. The van der Waals surface area contributed by atoms with E-state index in [9.17, 15) is 5.11 Å². The normalized spacial score (nSPS) is 18.2. The second kappa shape index (κ2) is 3.70. The molecule has 2 aliphatic rings. The molecule has 0 aliphatic carbocycles. The van der Waals surface area contributed by atoms with Crippen molar-refractivity contribution >= 4 is 17.4 Å². The van der Waals surface area contributed by atoms with Crippen molar-refractivity contribution < 1.29 is 5.11 Å². The number of aryl methyl sites for hydroxylation is 1. The quantitative estimate of drug-likeness (QED) is 0.764. The molecule has 19 heavy (non-hydrogen) atoms. The summed E-state index contributed by atoms with van der Waals surface area (Å²) >= 11 is 1.95. The first kappa shape index (κ1) is 11.2. The molecule has 1 saturated heterocycles. The lowest BCUT2D eigenvalue weighted by Crippen LogP contribution is -2.49. The predicted octanol–water partition coefficient (Wildman–Crippen LogP) is 3.74. The van der Waals surface area contributed by atoms with Crippen LogP contribution in [0.2, 0.25) is 0 Å². The van der Waals surface area contributed by atoms with E-state index in [0.717, 1.165) is 11.5 Å². The fraction of sp³-hybridized carbons (Fsp3) is 0.250. The first-order valence-electron chi connectivity index (χ1n) is 6.48. The Bertz CT molecular complexity index is 676. The summed E-state index contributed by atoms with van der Waals surface area (Å²) in [6.45, 7) is 2.12. The Morgan fingerprint density at radius 1 is 1.11 bits per heavy atom. The zero-order valence-electron chi connectivity index (χ0n) is 10.7. The van der Waals surface area contributed by atoms with E-state index in [1.54, 1.807) is 6.07 Å². The van der Waals surface area contributed by atoms with Gasteiger partial charge in [-0.1, -0.05) is 18.2 Å². The van der Waals surface area contributed by atoms with Crippen molar-refractivity contribution in [1.29, 1.82) is 0 Å². The van der Waals surface area contributed by atoms with Crippen LogP contribution < -0.4 is 5.32 Å². The zero-order valence-corrected chi connectivity index (χ0v) is 11.6. The third kappa shape index (κ3) is 1.51. The first-order chi connectivity index (χ1) is 9.18. The molecule has 0 aromatic heterocycles. The van der Waals surface area contributed by atoms with Gasteiger partial charge in [-0.2, -0.15) is 11.8 Å². The Kier molecular flexibility index (Phi) is 2.19. The van der Waals surface area contributed by atoms with Crippen molar-refractivity contribution in [2.24, 2.45) is 0 Å². The minimum atomic E-state index is 0.0134. The third-order valence-corrected chi connectivity index (χ3v) is 5.45. The van der Waals surface area contributed by atoms with Crippen molar-refractivity contribution in [3.05, 3.63) is 47.5 Å². The molecule has 1 fully saturated rings. The number of hydrogen-bond acceptors (Lipinski definition) is 3. The minimum Gasteiger partial charge on any atom is -0.508 e. The molecule has 0 amide bonds. The van der Waals surface area contributed by atoms with Gasteiger partial charge in [-0.05, 0) is 41.8 Å². The number of thioether (sulfide) groups is 1. The molecule has 0 radical (unpaired) electrons. The largest absolute Gasteiger partial charge is 0.508 e. The maximum absolute atomic E-state index is 9.80. The SMILES string of the molecule is Cc1ccc2c(c1)NC1(CSC1)c1cc(O)ccc1-2. The lowest BCUT2D eigenvalue weighted by Gasteiger charge is -2.47. The van der Waals surface area contributed by atoms with Gasteiger partial charge in [0.15, 0.2) is 0 Å². The van der Waals surface area contributed by atoms with Crippen LogP contribution in [0, 0.1) is 6.92 Å². The number of rotatable bonds is 0. The van der Waals surface area contributed by atoms with E-state index in [-0.39, 0.29) is 5.54 Å². The van der Waals surface area contributed by atoms with Crippen LogP contribution in [0.4, 0.5) is 5.69 Å². The topological polar surface area (TPSA) is 32.3 Å². The van der Waals surface area contributed by atoms with Gasteiger partial charge in [-0.15, -0.1) is 0 Å². The van der Waals surface area contributed by atoms with E-state index in [2.05, 4.69) is 30.4 Å². The second-order valence-corrected chi connectivity index (χ2v) is 6.46. The van der Waals surface area contributed by atoms with Gasteiger partial charge in [0.05, 0.1) is 5.54 Å². The van der Waals surface area contributed by atoms with Crippen LogP contribution >= 0.6 is 11.8 Å². The molecule has 4 rings (SSSR count). The fourth-order valence-electron chi connectivity index (χ4n) is 3.02. The van der Waals surface area contributed by atoms with Gasteiger partial charge < -0.3 is 10.4 Å². The second-order valence-electron chi connectivity index (χ2n) is 5.48. The third-order valence-electron chi connectivity index (χ3n) is 4.05. The molecule has 0 saturated carbocycles. The summed E-state index contributed by atoms with van der Waals surface area (Å²) in [6, 6.07) is 12.3. The number of fused-ring (bicyclic) bond motifs is 4. The lowest BCUT2D eigenvalue weighted by molar-refractivity contribution is 0.471. The highest BCUT2D eigenvalue weighted by Gasteiger charge is 2.44. The lowest BCUT2D eigenvalue weighted by atomic mass is 9.81. The maximum atomic E-state index is 9.80. The molecule has 2 N–H and O–H groups in total. The molecule has 2 aliphatic heterocycles. The predicted molar refractivity (Wildman–Crippen MR) is 80.9 cm³/mol. The van der Waals surface area contributed by atoms with E-state index in [1.165, 1.54) is 27.9 Å². The van der Waals surface area contributed by atoms with Crippen LogP contribution in [0.15, 0.2) is 36.4 Å². The molecule has 2 aromatic rings. The van der Waals surface area contributed by atoms with Gasteiger partial charge in [0, 0.05) is 22.8 Å². The van der Waals surface area contributed by atoms with Crippen LogP contribution in [0.1, 0.15) is 11.1 Å². The molecular weight excluding hydrogens is 254 g/mol. The molecular formula is C16H15NOS. The maximum Gasteiger partial charge on any atom is 0.115 e. The van der Waals surface area contributed by atoms with Crippen LogP contribution in [0.3, 0.4) is 0 Å². The highest BCUT2D eigenvalue weighted by atomic mass is 32.2. The van der Waals surface area contributed by atoms with E-state index >= 15 is 0 Å². The first-order valence-corrected chi connectivity index (χ1v) is 7.64. The average molecular weight is 269 g/mol. The Balaban J connectivity index is 2.00. The summed E-state index contributed by atoms with van der Waals surface area (Å²) in [5, 5.41) is 13.5. The van der Waals surface area contributed by atoms with Gasteiger partial charge in [-0.3, -0.25) is 0 Å². The number of phenolic OH excluding ortho intramolecular Hbond substituents is 1. The van der Waals surface area contributed by atoms with E-state index in [4.69, 9.17) is 0 Å². The van der Waals surface area contributed by atoms with E-state index < -0.39 is 0 Å². The van der Waals surface area contributed by atoms with Gasteiger partial charge >= 0.3 is 0 Å². The number of anilines is 1. The Hall–Kier alpha value is -1.61. The summed E-state index contributed by atoms with van der Waals surface area (Å²) in [5.74, 6) is 2.49. The van der Waals surface area contributed by atoms with Crippen LogP contribution in [0.5, 0.6) is 5.75 Å². The standard InChI is InChI=1S/C16H15NOS/c1-10-2-4-13-12-5-3-11(18)7-14(12)16(8-19-9-16)17-15(13)6-10/h2-7,17-18H,8-9H2,1H3. The van der Waals surface area contributed by atoms with E-state index in [1.807, 2.05) is 23.9 Å². The van der Waals surface area contributed by atoms with Gasteiger partial charge in [0.2, 0.25) is 0 Å². The number of phenols is 1. The monoisotopic (exact) mass is 269 g/mol. The molecule has 96 valence electrons. The zero-order chi connectivity index (χ0) is 13.0. The highest BCUT2D eigenvalue weighted by Crippen LogP contribution is 2.51. The Morgan fingerprint density at radius 3 is 2.63 bits per heavy atom. The Labute approximate surface area is 116 Å². The number of nitrogens with one attached hydrogen (secondary N) is 1. The highest BCUT2D eigenvalue weighted by molar-refractivity contribution is 8.00. The minimum absolute atomic E-state index is 0.0134. The van der Waals surface area contributed by atoms with E-state index in [0.29, 0.717) is 5.75 Å². The van der Waals surface area contributed by atoms with Crippen molar-refractivity contribution in [3.8, 4) is 16.9 Å². The van der Waals surface area contributed by atoms with Crippen LogP contribution in [-0.2, 0) is 5.54 Å². The smallest absolute Gasteiger partial charge is 0.115 e. The fourth-order valence-corrected chi connectivity index (χ4v) is 4.09. The average Bonchev–Trinajstić information content (AvgIpc) is 2.35. The molecule has 0 atom stereocenters.